The fourth-order valence-corrected chi connectivity index (χ4v) is 3.25. The van der Waals surface area contributed by atoms with E-state index in [1.54, 1.807) is 12.3 Å². The van der Waals surface area contributed by atoms with Gasteiger partial charge in [0.15, 0.2) is 0 Å². The Hall–Kier alpha value is -3.74. The number of aromatic nitrogens is 4. The number of carbonyl (C=O) groups is 1. The quantitative estimate of drug-likeness (QED) is 0.551. The highest BCUT2D eigenvalue weighted by Gasteiger charge is 2.10. The van der Waals surface area contributed by atoms with Crippen molar-refractivity contribution in [1.29, 1.82) is 0 Å². The number of aryl methyl sites for hydroxylation is 2. The predicted octanol–water partition coefficient (Wildman–Crippen LogP) is 2.98. The molecule has 0 spiro atoms. The summed E-state index contributed by atoms with van der Waals surface area (Å²) in [5.74, 6) is 0.278. The van der Waals surface area contributed by atoms with Gasteiger partial charge in [-0.05, 0) is 24.1 Å². The van der Waals surface area contributed by atoms with Crippen LogP contribution in [0.25, 0.3) is 10.9 Å². The Balaban J connectivity index is 1.43. The van der Waals surface area contributed by atoms with Crippen molar-refractivity contribution in [3.8, 4) is 0 Å². The standard InChI is InChI=1S/C22H21N5O2/c1-16-6-5-9-18-20(16)24-15-27(21(18)29)12-10-19(28)25-22-23-11-13-26(22)14-17-7-3-2-4-8-17/h2-9,11,13,15H,10,12,14H2,1H3,(H,23,25,28). The van der Waals surface area contributed by atoms with Gasteiger partial charge in [0.1, 0.15) is 0 Å². The second-order valence-electron chi connectivity index (χ2n) is 6.88. The van der Waals surface area contributed by atoms with Gasteiger partial charge >= 0.3 is 0 Å². The summed E-state index contributed by atoms with van der Waals surface area (Å²) >= 11 is 0. The van der Waals surface area contributed by atoms with Crippen LogP contribution in [0.2, 0.25) is 0 Å². The minimum atomic E-state index is -0.207. The van der Waals surface area contributed by atoms with E-state index in [2.05, 4.69) is 15.3 Å². The Kier molecular flexibility index (Phi) is 5.20. The zero-order valence-corrected chi connectivity index (χ0v) is 16.1. The van der Waals surface area contributed by atoms with E-state index >= 15 is 0 Å². The number of imidazole rings is 1. The van der Waals surface area contributed by atoms with Gasteiger partial charge in [0.05, 0.1) is 23.8 Å². The van der Waals surface area contributed by atoms with Crippen molar-refractivity contribution in [3.05, 3.63) is 88.7 Å². The molecule has 2 heterocycles. The molecule has 2 aromatic heterocycles. The molecule has 7 heteroatoms. The van der Waals surface area contributed by atoms with Crippen LogP contribution in [0.1, 0.15) is 17.5 Å². The molecule has 0 atom stereocenters. The third kappa shape index (κ3) is 4.08. The predicted molar refractivity (Wildman–Crippen MR) is 112 cm³/mol. The van der Waals surface area contributed by atoms with Crippen LogP contribution in [-0.4, -0.2) is 25.0 Å². The molecule has 4 rings (SSSR count). The number of hydrogen-bond acceptors (Lipinski definition) is 4. The number of para-hydroxylation sites is 1. The fourth-order valence-electron chi connectivity index (χ4n) is 3.25. The fraction of sp³-hybridized carbons (Fsp3) is 0.182. The van der Waals surface area contributed by atoms with E-state index in [1.807, 2.05) is 60.2 Å². The van der Waals surface area contributed by atoms with Crippen molar-refractivity contribution in [2.75, 3.05) is 5.32 Å². The molecule has 0 fully saturated rings. The van der Waals surface area contributed by atoms with Gasteiger partial charge in [-0.3, -0.25) is 19.5 Å². The molecular formula is C22H21N5O2. The third-order valence-electron chi connectivity index (χ3n) is 4.80. The average molecular weight is 387 g/mol. The lowest BCUT2D eigenvalue weighted by Gasteiger charge is -2.10. The Morgan fingerprint density at radius 2 is 1.86 bits per heavy atom. The number of anilines is 1. The summed E-state index contributed by atoms with van der Waals surface area (Å²) in [6.07, 6.45) is 5.12. The van der Waals surface area contributed by atoms with Crippen LogP contribution in [0.3, 0.4) is 0 Å². The SMILES string of the molecule is Cc1cccc2c(=O)n(CCC(=O)Nc3nccn3Cc3ccccc3)cnc12. The van der Waals surface area contributed by atoms with Crippen molar-refractivity contribution in [2.24, 2.45) is 0 Å². The van der Waals surface area contributed by atoms with Gasteiger partial charge in [-0.25, -0.2) is 9.97 Å². The van der Waals surface area contributed by atoms with E-state index in [4.69, 9.17) is 0 Å². The number of carbonyl (C=O) groups excluding carboxylic acids is 1. The van der Waals surface area contributed by atoms with Crippen molar-refractivity contribution in [2.45, 2.75) is 26.4 Å². The van der Waals surface area contributed by atoms with Crippen LogP contribution in [0.5, 0.6) is 0 Å². The molecule has 2 aromatic carbocycles. The lowest BCUT2D eigenvalue weighted by Crippen LogP contribution is -2.24. The first-order valence-corrected chi connectivity index (χ1v) is 9.41. The van der Waals surface area contributed by atoms with Crippen LogP contribution in [0, 0.1) is 6.92 Å². The first-order valence-electron chi connectivity index (χ1n) is 9.41. The van der Waals surface area contributed by atoms with Crippen molar-refractivity contribution >= 4 is 22.8 Å². The monoisotopic (exact) mass is 387 g/mol. The number of amides is 1. The average Bonchev–Trinajstić information content (AvgIpc) is 3.15. The van der Waals surface area contributed by atoms with E-state index in [1.165, 1.54) is 10.9 Å². The number of fused-ring (bicyclic) bond motifs is 1. The van der Waals surface area contributed by atoms with Crippen LogP contribution in [0.15, 0.2) is 72.0 Å². The van der Waals surface area contributed by atoms with Crippen LogP contribution < -0.4 is 10.9 Å². The Bertz CT molecular complexity index is 1210. The molecule has 4 aromatic rings. The van der Waals surface area contributed by atoms with Crippen molar-refractivity contribution < 1.29 is 4.79 Å². The maximum Gasteiger partial charge on any atom is 0.261 e. The van der Waals surface area contributed by atoms with Gasteiger partial charge in [-0.15, -0.1) is 0 Å². The minimum Gasteiger partial charge on any atom is -0.313 e. The Morgan fingerprint density at radius 3 is 2.69 bits per heavy atom. The summed E-state index contributed by atoms with van der Waals surface area (Å²) in [4.78, 5) is 33.7. The summed E-state index contributed by atoms with van der Waals surface area (Å²) in [5, 5.41) is 3.39. The molecular weight excluding hydrogens is 366 g/mol. The molecule has 0 saturated heterocycles. The molecule has 0 aliphatic carbocycles. The molecule has 0 saturated carbocycles. The molecule has 0 aliphatic rings. The van der Waals surface area contributed by atoms with Gasteiger partial charge in [-0.2, -0.15) is 0 Å². The normalized spacial score (nSPS) is 10.9. The van der Waals surface area contributed by atoms with E-state index < -0.39 is 0 Å². The summed E-state index contributed by atoms with van der Waals surface area (Å²) in [5.41, 5.74) is 2.62. The highest BCUT2D eigenvalue weighted by atomic mass is 16.2. The third-order valence-corrected chi connectivity index (χ3v) is 4.80. The highest BCUT2D eigenvalue weighted by molar-refractivity contribution is 5.89. The summed E-state index contributed by atoms with van der Waals surface area (Å²) in [7, 11) is 0. The maximum absolute atomic E-state index is 12.6. The van der Waals surface area contributed by atoms with Crippen molar-refractivity contribution in [1.82, 2.24) is 19.1 Å². The molecule has 0 radical (unpaired) electrons. The van der Waals surface area contributed by atoms with Gasteiger partial charge in [-0.1, -0.05) is 42.5 Å². The van der Waals surface area contributed by atoms with Crippen molar-refractivity contribution in [3.63, 3.8) is 0 Å². The smallest absolute Gasteiger partial charge is 0.261 e. The second kappa shape index (κ2) is 8.10. The molecule has 0 unspecified atom stereocenters. The van der Waals surface area contributed by atoms with Crippen LogP contribution >= 0.6 is 0 Å². The zero-order chi connectivity index (χ0) is 20.2. The molecule has 0 bridgehead atoms. The number of hydrogen-bond donors (Lipinski definition) is 1. The highest BCUT2D eigenvalue weighted by Crippen LogP contribution is 2.12. The lowest BCUT2D eigenvalue weighted by molar-refractivity contribution is -0.116. The first kappa shape index (κ1) is 18.6. The summed E-state index contributed by atoms with van der Waals surface area (Å²) in [6, 6.07) is 15.5. The number of rotatable bonds is 6. The first-order chi connectivity index (χ1) is 14.1. The Morgan fingerprint density at radius 1 is 1.03 bits per heavy atom. The summed E-state index contributed by atoms with van der Waals surface area (Å²) in [6.45, 7) is 2.79. The molecule has 1 N–H and O–H groups in total. The van der Waals surface area contributed by atoms with Crippen LogP contribution in [-0.2, 0) is 17.9 Å². The van der Waals surface area contributed by atoms with E-state index in [-0.39, 0.29) is 24.4 Å². The molecule has 0 aliphatic heterocycles. The minimum absolute atomic E-state index is 0.142. The maximum atomic E-state index is 12.6. The van der Waals surface area contributed by atoms with Crippen LogP contribution in [0.4, 0.5) is 5.95 Å². The number of benzene rings is 2. The van der Waals surface area contributed by atoms with E-state index in [0.717, 1.165) is 11.1 Å². The van der Waals surface area contributed by atoms with Gasteiger partial charge in [0.2, 0.25) is 11.9 Å². The topological polar surface area (TPSA) is 81.8 Å². The lowest BCUT2D eigenvalue weighted by atomic mass is 10.1. The molecule has 1 amide bonds. The second-order valence-corrected chi connectivity index (χ2v) is 6.88. The summed E-state index contributed by atoms with van der Waals surface area (Å²) < 4.78 is 3.34. The molecule has 146 valence electrons. The zero-order valence-electron chi connectivity index (χ0n) is 16.1. The van der Waals surface area contributed by atoms with E-state index in [9.17, 15) is 9.59 Å². The Labute approximate surface area is 167 Å². The van der Waals surface area contributed by atoms with Gasteiger partial charge < -0.3 is 4.57 Å². The number of nitrogens with one attached hydrogen (secondary N) is 1. The molecule has 29 heavy (non-hydrogen) atoms. The number of nitrogens with zero attached hydrogens (tertiary/aromatic N) is 4. The van der Waals surface area contributed by atoms with Gasteiger partial charge in [0, 0.05) is 25.4 Å². The largest absolute Gasteiger partial charge is 0.313 e. The molecule has 7 nitrogen and oxygen atoms in total. The van der Waals surface area contributed by atoms with Gasteiger partial charge in [0.25, 0.3) is 5.56 Å². The van der Waals surface area contributed by atoms with E-state index in [0.29, 0.717) is 23.4 Å².